The van der Waals surface area contributed by atoms with Gasteiger partial charge in [-0.25, -0.2) is 0 Å². The zero-order valence-corrected chi connectivity index (χ0v) is 11.8. The molecule has 1 aliphatic heterocycles. The summed E-state index contributed by atoms with van der Waals surface area (Å²) < 4.78 is 5.09. The van der Waals surface area contributed by atoms with Crippen molar-refractivity contribution in [2.45, 2.75) is 31.8 Å². The van der Waals surface area contributed by atoms with Gasteiger partial charge in [0.25, 0.3) is 0 Å². The van der Waals surface area contributed by atoms with E-state index in [2.05, 4.69) is 4.90 Å². The summed E-state index contributed by atoms with van der Waals surface area (Å²) in [6.45, 7) is 3.41. The Labute approximate surface area is 118 Å². The quantitative estimate of drug-likeness (QED) is 0.679. The maximum atomic E-state index is 10.9. The van der Waals surface area contributed by atoms with Gasteiger partial charge in [-0.1, -0.05) is 0 Å². The van der Waals surface area contributed by atoms with Gasteiger partial charge in [0.15, 0.2) is 5.75 Å². The highest BCUT2D eigenvalue weighted by molar-refractivity contribution is 5.59. The van der Waals surface area contributed by atoms with Crippen molar-refractivity contribution in [3.63, 3.8) is 0 Å². The SMILES string of the molecule is COc1cc(N2CCCC(C)(O)CC2)ccc1[N+](=O)[O-]. The molecule has 6 heteroatoms. The molecule has 0 spiro atoms. The lowest BCUT2D eigenvalue weighted by molar-refractivity contribution is -0.385. The molecule has 1 aromatic rings. The minimum absolute atomic E-state index is 0.0296. The van der Waals surface area contributed by atoms with Crippen LogP contribution in [0, 0.1) is 10.1 Å². The standard InChI is InChI=1S/C14H20N2O4/c1-14(17)6-3-8-15(9-7-14)11-4-5-12(16(18)19)13(10-11)20-2/h4-5,10,17H,3,6-9H2,1-2H3. The number of ether oxygens (including phenoxy) is 1. The number of benzene rings is 1. The maximum Gasteiger partial charge on any atom is 0.311 e. The van der Waals surface area contributed by atoms with Crippen LogP contribution in [0.25, 0.3) is 0 Å². The van der Waals surface area contributed by atoms with Gasteiger partial charge in [-0.05, 0) is 32.3 Å². The Balaban J connectivity index is 2.22. The second-order valence-corrected chi connectivity index (χ2v) is 5.45. The largest absolute Gasteiger partial charge is 0.490 e. The Morgan fingerprint density at radius 3 is 2.80 bits per heavy atom. The van der Waals surface area contributed by atoms with Gasteiger partial charge in [-0.15, -0.1) is 0 Å². The van der Waals surface area contributed by atoms with Crippen molar-refractivity contribution >= 4 is 11.4 Å². The number of aliphatic hydroxyl groups is 1. The van der Waals surface area contributed by atoms with E-state index in [0.29, 0.717) is 6.42 Å². The van der Waals surface area contributed by atoms with E-state index < -0.39 is 10.5 Å². The molecule has 1 N–H and O–H groups in total. The highest BCUT2D eigenvalue weighted by Gasteiger charge is 2.26. The van der Waals surface area contributed by atoms with Crippen LogP contribution in [0.2, 0.25) is 0 Å². The molecular formula is C14H20N2O4. The fourth-order valence-corrected chi connectivity index (χ4v) is 2.54. The van der Waals surface area contributed by atoms with E-state index in [1.165, 1.54) is 13.2 Å². The monoisotopic (exact) mass is 280 g/mol. The smallest absolute Gasteiger partial charge is 0.311 e. The van der Waals surface area contributed by atoms with Crippen molar-refractivity contribution in [2.24, 2.45) is 0 Å². The number of hydrogen-bond acceptors (Lipinski definition) is 5. The second-order valence-electron chi connectivity index (χ2n) is 5.45. The molecule has 1 fully saturated rings. The van der Waals surface area contributed by atoms with Crippen LogP contribution in [0.5, 0.6) is 5.75 Å². The highest BCUT2D eigenvalue weighted by Crippen LogP contribution is 2.33. The Morgan fingerprint density at radius 1 is 1.40 bits per heavy atom. The Hall–Kier alpha value is -1.82. The van der Waals surface area contributed by atoms with Crippen molar-refractivity contribution in [3.8, 4) is 5.75 Å². The number of anilines is 1. The third-order valence-electron chi connectivity index (χ3n) is 3.79. The summed E-state index contributed by atoms with van der Waals surface area (Å²) in [5.41, 5.74) is 0.239. The zero-order valence-electron chi connectivity index (χ0n) is 11.8. The molecule has 1 unspecified atom stereocenters. The number of hydrogen-bond donors (Lipinski definition) is 1. The molecule has 1 heterocycles. The highest BCUT2D eigenvalue weighted by atomic mass is 16.6. The van der Waals surface area contributed by atoms with Crippen LogP contribution in [0.3, 0.4) is 0 Å². The van der Waals surface area contributed by atoms with Gasteiger partial charge in [0.1, 0.15) is 0 Å². The molecule has 0 aliphatic carbocycles. The number of rotatable bonds is 3. The summed E-state index contributed by atoms with van der Waals surface area (Å²) in [5, 5.41) is 21.0. The normalized spacial score (nSPS) is 23.2. The van der Waals surface area contributed by atoms with Crippen LogP contribution in [-0.4, -0.2) is 35.8 Å². The fraction of sp³-hybridized carbons (Fsp3) is 0.571. The first kappa shape index (κ1) is 14.6. The van der Waals surface area contributed by atoms with E-state index in [-0.39, 0.29) is 11.4 Å². The van der Waals surface area contributed by atoms with Crippen LogP contribution in [0.15, 0.2) is 18.2 Å². The molecule has 2 rings (SSSR count). The molecule has 20 heavy (non-hydrogen) atoms. The summed E-state index contributed by atoms with van der Waals surface area (Å²) in [7, 11) is 1.43. The maximum absolute atomic E-state index is 10.9. The van der Waals surface area contributed by atoms with Crippen LogP contribution in [-0.2, 0) is 0 Å². The third kappa shape index (κ3) is 3.19. The van der Waals surface area contributed by atoms with Crippen molar-refractivity contribution in [1.29, 1.82) is 0 Å². The van der Waals surface area contributed by atoms with E-state index >= 15 is 0 Å². The van der Waals surface area contributed by atoms with E-state index in [9.17, 15) is 15.2 Å². The van der Waals surface area contributed by atoms with E-state index in [1.54, 1.807) is 12.1 Å². The predicted molar refractivity (Wildman–Crippen MR) is 76.3 cm³/mol. The molecule has 1 atom stereocenters. The molecule has 1 saturated heterocycles. The molecule has 0 saturated carbocycles. The summed E-state index contributed by atoms with van der Waals surface area (Å²) in [5.74, 6) is 0.267. The van der Waals surface area contributed by atoms with Crippen molar-refractivity contribution in [1.82, 2.24) is 0 Å². The number of nitro groups is 1. The second kappa shape index (κ2) is 5.66. The van der Waals surface area contributed by atoms with Crippen LogP contribution in [0.4, 0.5) is 11.4 Å². The minimum Gasteiger partial charge on any atom is -0.490 e. The molecule has 0 radical (unpaired) electrons. The lowest BCUT2D eigenvalue weighted by Gasteiger charge is -2.24. The Kier molecular flexibility index (Phi) is 4.13. The van der Waals surface area contributed by atoms with Crippen molar-refractivity contribution in [3.05, 3.63) is 28.3 Å². The van der Waals surface area contributed by atoms with Gasteiger partial charge >= 0.3 is 5.69 Å². The van der Waals surface area contributed by atoms with E-state index in [1.807, 2.05) is 6.92 Å². The molecule has 110 valence electrons. The fourth-order valence-electron chi connectivity index (χ4n) is 2.54. The van der Waals surface area contributed by atoms with Gasteiger partial charge in [0, 0.05) is 30.9 Å². The van der Waals surface area contributed by atoms with Gasteiger partial charge in [0.2, 0.25) is 0 Å². The predicted octanol–water partition coefficient (Wildman–Crippen LogP) is 2.34. The minimum atomic E-state index is -0.625. The Morgan fingerprint density at radius 2 is 2.15 bits per heavy atom. The molecular weight excluding hydrogens is 260 g/mol. The zero-order chi connectivity index (χ0) is 14.8. The molecule has 0 aromatic heterocycles. The van der Waals surface area contributed by atoms with Crippen LogP contribution in [0.1, 0.15) is 26.2 Å². The van der Waals surface area contributed by atoms with Crippen molar-refractivity contribution in [2.75, 3.05) is 25.1 Å². The summed E-state index contributed by atoms with van der Waals surface area (Å²) in [4.78, 5) is 12.6. The first-order valence-corrected chi connectivity index (χ1v) is 6.73. The van der Waals surface area contributed by atoms with Gasteiger partial charge in [-0.3, -0.25) is 10.1 Å². The van der Waals surface area contributed by atoms with E-state index in [0.717, 1.165) is 31.6 Å². The van der Waals surface area contributed by atoms with Crippen LogP contribution >= 0.6 is 0 Å². The van der Waals surface area contributed by atoms with Gasteiger partial charge < -0.3 is 14.7 Å². The number of nitrogens with zero attached hydrogens (tertiary/aromatic N) is 2. The summed E-state index contributed by atoms with van der Waals surface area (Å²) in [6.07, 6.45) is 2.35. The third-order valence-corrected chi connectivity index (χ3v) is 3.79. The van der Waals surface area contributed by atoms with Gasteiger partial charge in [-0.2, -0.15) is 0 Å². The lowest BCUT2D eigenvalue weighted by Crippen LogP contribution is -2.28. The number of nitro benzene ring substituents is 1. The molecule has 1 aromatic carbocycles. The summed E-state index contributed by atoms with van der Waals surface area (Å²) in [6, 6.07) is 4.90. The molecule has 0 amide bonds. The topological polar surface area (TPSA) is 75.8 Å². The first-order chi connectivity index (χ1) is 9.43. The van der Waals surface area contributed by atoms with E-state index in [4.69, 9.17) is 4.74 Å². The molecule has 1 aliphatic rings. The van der Waals surface area contributed by atoms with Gasteiger partial charge in [0.05, 0.1) is 17.6 Å². The first-order valence-electron chi connectivity index (χ1n) is 6.73. The molecule has 0 bridgehead atoms. The lowest BCUT2D eigenvalue weighted by atomic mass is 9.98. The average Bonchev–Trinajstić information content (AvgIpc) is 2.59. The van der Waals surface area contributed by atoms with Crippen LogP contribution < -0.4 is 9.64 Å². The van der Waals surface area contributed by atoms with Crippen molar-refractivity contribution < 1.29 is 14.8 Å². The average molecular weight is 280 g/mol. The summed E-state index contributed by atoms with van der Waals surface area (Å²) >= 11 is 0. The number of methoxy groups -OCH3 is 1. The molecule has 6 nitrogen and oxygen atoms in total. The Bertz CT molecular complexity index is 502.